The molecule has 0 saturated carbocycles. The van der Waals surface area contributed by atoms with Crippen LogP contribution in [0.1, 0.15) is 25.7 Å². The SMILES string of the molecule is C[C@H](NC(=O)[C@H]1Oc2ccccc2O[C@@H]1C)c1nnc2ccccn12. The zero-order chi connectivity index (χ0) is 17.4. The molecule has 1 aliphatic rings. The highest BCUT2D eigenvalue weighted by molar-refractivity contribution is 5.82. The van der Waals surface area contributed by atoms with Crippen LogP contribution in [0, 0.1) is 0 Å². The van der Waals surface area contributed by atoms with Gasteiger partial charge in [0.15, 0.2) is 23.0 Å². The Morgan fingerprint density at radius 1 is 1.12 bits per heavy atom. The van der Waals surface area contributed by atoms with Crippen LogP contribution in [0.2, 0.25) is 0 Å². The van der Waals surface area contributed by atoms with Crippen molar-refractivity contribution >= 4 is 11.6 Å². The number of carbonyl (C=O) groups is 1. The minimum atomic E-state index is -0.725. The molecule has 128 valence electrons. The third kappa shape index (κ3) is 2.77. The van der Waals surface area contributed by atoms with E-state index in [2.05, 4.69) is 15.5 Å². The van der Waals surface area contributed by atoms with E-state index in [4.69, 9.17) is 9.47 Å². The molecule has 0 radical (unpaired) electrons. The zero-order valence-electron chi connectivity index (χ0n) is 13.9. The van der Waals surface area contributed by atoms with Crippen molar-refractivity contribution < 1.29 is 14.3 Å². The lowest BCUT2D eigenvalue weighted by molar-refractivity contribution is -0.134. The third-order valence-corrected chi connectivity index (χ3v) is 4.19. The smallest absolute Gasteiger partial charge is 0.265 e. The van der Waals surface area contributed by atoms with Gasteiger partial charge in [-0.3, -0.25) is 9.20 Å². The lowest BCUT2D eigenvalue weighted by atomic mass is 10.1. The maximum Gasteiger partial charge on any atom is 0.265 e. The molecule has 0 fully saturated rings. The Bertz CT molecular complexity index is 923. The summed E-state index contributed by atoms with van der Waals surface area (Å²) in [7, 11) is 0. The monoisotopic (exact) mass is 338 g/mol. The van der Waals surface area contributed by atoms with Gasteiger partial charge in [-0.25, -0.2) is 0 Å². The van der Waals surface area contributed by atoms with Crippen molar-refractivity contribution in [2.45, 2.75) is 32.1 Å². The lowest BCUT2D eigenvalue weighted by Crippen LogP contribution is -2.49. The van der Waals surface area contributed by atoms with Gasteiger partial charge in [0.05, 0.1) is 6.04 Å². The topological polar surface area (TPSA) is 77.8 Å². The van der Waals surface area contributed by atoms with Crippen molar-refractivity contribution in [1.82, 2.24) is 19.9 Å². The first kappa shape index (κ1) is 15.4. The number of ether oxygens (including phenoxy) is 2. The fourth-order valence-electron chi connectivity index (χ4n) is 2.92. The fraction of sp³-hybridized carbons (Fsp3) is 0.278. The van der Waals surface area contributed by atoms with Crippen LogP contribution in [-0.4, -0.2) is 32.7 Å². The largest absolute Gasteiger partial charge is 0.482 e. The molecule has 2 aromatic heterocycles. The first-order valence-electron chi connectivity index (χ1n) is 8.16. The summed E-state index contributed by atoms with van der Waals surface area (Å²) in [4.78, 5) is 12.7. The number of fused-ring (bicyclic) bond motifs is 2. The maximum absolute atomic E-state index is 12.7. The molecule has 0 aliphatic carbocycles. The molecule has 3 heterocycles. The van der Waals surface area contributed by atoms with Crippen molar-refractivity contribution in [2.24, 2.45) is 0 Å². The number of nitrogens with zero attached hydrogens (tertiary/aromatic N) is 3. The molecular formula is C18H18N4O3. The molecule has 25 heavy (non-hydrogen) atoms. The molecular weight excluding hydrogens is 320 g/mol. The van der Waals surface area contributed by atoms with Crippen molar-refractivity contribution in [2.75, 3.05) is 0 Å². The van der Waals surface area contributed by atoms with Crippen LogP contribution in [-0.2, 0) is 4.79 Å². The average Bonchev–Trinajstić information content (AvgIpc) is 3.05. The Balaban J connectivity index is 1.52. The summed E-state index contributed by atoms with van der Waals surface area (Å²) in [6.07, 6.45) is 0.751. The molecule has 3 aromatic rings. The first-order valence-corrected chi connectivity index (χ1v) is 8.16. The summed E-state index contributed by atoms with van der Waals surface area (Å²) in [5.74, 6) is 1.63. The standard InChI is InChI=1S/C18H18N4O3/c1-11(17-21-20-15-9-5-6-10-22(15)17)19-18(23)16-12(2)24-13-7-3-4-8-14(13)25-16/h3-12,16H,1-2H3,(H,19,23)/t11-,12+,16-/m0/s1. The van der Waals surface area contributed by atoms with Gasteiger partial charge in [-0.05, 0) is 38.1 Å². The number of aromatic nitrogens is 3. The zero-order valence-corrected chi connectivity index (χ0v) is 13.9. The highest BCUT2D eigenvalue weighted by atomic mass is 16.6. The van der Waals surface area contributed by atoms with E-state index in [9.17, 15) is 4.79 Å². The summed E-state index contributed by atoms with van der Waals surface area (Å²) in [6.45, 7) is 3.68. The molecule has 1 aliphatic heterocycles. The number of rotatable bonds is 3. The van der Waals surface area contributed by atoms with Gasteiger partial charge in [0.2, 0.25) is 6.10 Å². The number of amides is 1. The van der Waals surface area contributed by atoms with Gasteiger partial charge in [0.1, 0.15) is 6.10 Å². The summed E-state index contributed by atoms with van der Waals surface area (Å²) in [5, 5.41) is 11.2. The highest BCUT2D eigenvalue weighted by Crippen LogP contribution is 2.33. The second-order valence-electron chi connectivity index (χ2n) is 6.03. The third-order valence-electron chi connectivity index (χ3n) is 4.19. The van der Waals surface area contributed by atoms with E-state index >= 15 is 0 Å². The predicted molar refractivity (Wildman–Crippen MR) is 90.5 cm³/mol. The van der Waals surface area contributed by atoms with Crippen LogP contribution in [0.15, 0.2) is 48.7 Å². The van der Waals surface area contributed by atoms with Gasteiger partial charge in [-0.1, -0.05) is 18.2 Å². The van der Waals surface area contributed by atoms with Crippen LogP contribution in [0.25, 0.3) is 5.65 Å². The molecule has 0 spiro atoms. The van der Waals surface area contributed by atoms with Crippen molar-refractivity contribution in [3.8, 4) is 11.5 Å². The van der Waals surface area contributed by atoms with Gasteiger partial charge in [0.25, 0.3) is 5.91 Å². The van der Waals surface area contributed by atoms with Crippen molar-refractivity contribution in [1.29, 1.82) is 0 Å². The molecule has 0 bridgehead atoms. The minimum absolute atomic E-state index is 0.248. The Morgan fingerprint density at radius 2 is 1.84 bits per heavy atom. The van der Waals surface area contributed by atoms with E-state index in [0.29, 0.717) is 17.3 Å². The summed E-state index contributed by atoms with van der Waals surface area (Å²) in [5.41, 5.74) is 0.734. The highest BCUT2D eigenvalue weighted by Gasteiger charge is 2.35. The van der Waals surface area contributed by atoms with E-state index in [1.165, 1.54) is 0 Å². The molecule has 7 nitrogen and oxygen atoms in total. The Kier molecular flexibility index (Phi) is 3.76. The van der Waals surface area contributed by atoms with E-state index in [1.807, 2.05) is 60.8 Å². The first-order chi connectivity index (χ1) is 12.1. The van der Waals surface area contributed by atoms with Gasteiger partial charge >= 0.3 is 0 Å². The van der Waals surface area contributed by atoms with E-state index in [1.54, 1.807) is 6.07 Å². The van der Waals surface area contributed by atoms with Crippen LogP contribution in [0.4, 0.5) is 0 Å². The van der Waals surface area contributed by atoms with E-state index < -0.39 is 12.2 Å². The normalized spacial score (nSPS) is 20.2. The van der Waals surface area contributed by atoms with E-state index in [-0.39, 0.29) is 11.9 Å². The minimum Gasteiger partial charge on any atom is -0.482 e. The second kappa shape index (κ2) is 6.08. The predicted octanol–water partition coefficient (Wildman–Crippen LogP) is 2.13. The Morgan fingerprint density at radius 3 is 2.64 bits per heavy atom. The second-order valence-corrected chi connectivity index (χ2v) is 6.03. The van der Waals surface area contributed by atoms with Crippen LogP contribution in [0.5, 0.6) is 11.5 Å². The molecule has 3 atom stereocenters. The number of carbonyl (C=O) groups excluding carboxylic acids is 1. The summed E-state index contributed by atoms with van der Waals surface area (Å²) < 4.78 is 13.5. The maximum atomic E-state index is 12.7. The van der Waals surface area contributed by atoms with Crippen molar-refractivity contribution in [3.05, 3.63) is 54.5 Å². The number of hydrogen-bond donors (Lipinski definition) is 1. The lowest BCUT2D eigenvalue weighted by Gasteiger charge is -2.31. The quantitative estimate of drug-likeness (QED) is 0.792. The summed E-state index contributed by atoms with van der Waals surface area (Å²) in [6, 6.07) is 12.7. The van der Waals surface area contributed by atoms with Gasteiger partial charge in [-0.15, -0.1) is 10.2 Å². The van der Waals surface area contributed by atoms with Gasteiger partial charge < -0.3 is 14.8 Å². The van der Waals surface area contributed by atoms with Crippen LogP contribution >= 0.6 is 0 Å². The van der Waals surface area contributed by atoms with E-state index in [0.717, 1.165) is 5.65 Å². The van der Waals surface area contributed by atoms with Crippen LogP contribution < -0.4 is 14.8 Å². The van der Waals surface area contributed by atoms with Crippen LogP contribution in [0.3, 0.4) is 0 Å². The number of benzene rings is 1. The van der Waals surface area contributed by atoms with Gasteiger partial charge in [0, 0.05) is 6.20 Å². The molecule has 4 rings (SSSR count). The number of nitrogens with one attached hydrogen (secondary N) is 1. The molecule has 1 aromatic carbocycles. The average molecular weight is 338 g/mol. The Labute approximate surface area is 144 Å². The fourth-order valence-corrected chi connectivity index (χ4v) is 2.92. The van der Waals surface area contributed by atoms with Crippen molar-refractivity contribution in [3.63, 3.8) is 0 Å². The molecule has 1 N–H and O–H groups in total. The Hall–Kier alpha value is -3.09. The number of para-hydroxylation sites is 2. The summed E-state index contributed by atoms with van der Waals surface area (Å²) >= 11 is 0. The number of hydrogen-bond acceptors (Lipinski definition) is 5. The molecule has 7 heteroatoms. The van der Waals surface area contributed by atoms with Gasteiger partial charge in [-0.2, -0.15) is 0 Å². The molecule has 0 saturated heterocycles. The number of pyridine rings is 1. The molecule has 0 unspecified atom stereocenters. The molecule has 1 amide bonds.